The van der Waals surface area contributed by atoms with Crippen LogP contribution < -0.4 is 10.2 Å². The van der Waals surface area contributed by atoms with Crippen LogP contribution >= 0.6 is 15.9 Å². The molecule has 6 heteroatoms. The van der Waals surface area contributed by atoms with E-state index >= 15 is 0 Å². The van der Waals surface area contributed by atoms with Crippen LogP contribution in [0, 0.1) is 6.92 Å². The van der Waals surface area contributed by atoms with Crippen LogP contribution in [0.25, 0.3) is 0 Å². The van der Waals surface area contributed by atoms with Crippen LogP contribution in [-0.4, -0.2) is 57.4 Å². The highest BCUT2D eigenvalue weighted by Gasteiger charge is 2.21. The molecule has 0 aromatic heterocycles. The van der Waals surface area contributed by atoms with Crippen molar-refractivity contribution in [1.82, 2.24) is 10.2 Å². The van der Waals surface area contributed by atoms with Crippen molar-refractivity contribution < 1.29 is 9.53 Å². The highest BCUT2D eigenvalue weighted by atomic mass is 79.9. The highest BCUT2D eigenvalue weighted by Crippen LogP contribution is 2.24. The Bertz CT molecular complexity index is 488. The summed E-state index contributed by atoms with van der Waals surface area (Å²) in [6, 6.07) is 6.39. The summed E-state index contributed by atoms with van der Waals surface area (Å²) in [5, 5.41) is 2.86. The fraction of sp³-hybridized carbons (Fsp3) is 0.533. The van der Waals surface area contributed by atoms with E-state index in [1.54, 1.807) is 7.11 Å². The first-order valence-electron chi connectivity index (χ1n) is 7.14. The maximum Gasteiger partial charge on any atom is 0.317 e. The number of rotatable bonds is 4. The van der Waals surface area contributed by atoms with Crippen LogP contribution in [0.15, 0.2) is 22.7 Å². The molecule has 0 saturated carbocycles. The predicted molar refractivity (Wildman–Crippen MR) is 87.9 cm³/mol. The van der Waals surface area contributed by atoms with Gasteiger partial charge in [-0.25, -0.2) is 4.79 Å². The third kappa shape index (κ3) is 4.35. The summed E-state index contributed by atoms with van der Waals surface area (Å²) < 4.78 is 6.05. The Labute approximate surface area is 134 Å². The van der Waals surface area contributed by atoms with Gasteiger partial charge in [-0.1, -0.05) is 22.0 Å². The number of nitrogens with one attached hydrogen (secondary N) is 1. The fourth-order valence-corrected chi connectivity index (χ4v) is 2.68. The zero-order valence-electron chi connectivity index (χ0n) is 12.6. The maximum absolute atomic E-state index is 11.9. The SMILES string of the molecule is COCCNC(=O)N1CCN(c2ccc(C)c(Br)c2)CC1. The molecule has 116 valence electrons. The third-order valence-corrected chi connectivity index (χ3v) is 4.52. The van der Waals surface area contributed by atoms with Gasteiger partial charge in [0.15, 0.2) is 0 Å². The molecule has 1 aliphatic heterocycles. The lowest BCUT2D eigenvalue weighted by atomic mass is 10.2. The van der Waals surface area contributed by atoms with Crippen LogP contribution in [0.5, 0.6) is 0 Å². The largest absolute Gasteiger partial charge is 0.383 e. The minimum Gasteiger partial charge on any atom is -0.383 e. The second kappa shape index (κ2) is 7.66. The predicted octanol–water partition coefficient (Wildman–Crippen LogP) is 2.24. The van der Waals surface area contributed by atoms with Crippen molar-refractivity contribution in [3.05, 3.63) is 28.2 Å². The van der Waals surface area contributed by atoms with Gasteiger partial charge < -0.3 is 19.9 Å². The quantitative estimate of drug-likeness (QED) is 0.842. The van der Waals surface area contributed by atoms with Crippen molar-refractivity contribution in [2.24, 2.45) is 0 Å². The summed E-state index contributed by atoms with van der Waals surface area (Å²) in [6.45, 7) is 6.37. The first kappa shape index (κ1) is 16.1. The zero-order chi connectivity index (χ0) is 15.2. The molecule has 1 saturated heterocycles. The first-order chi connectivity index (χ1) is 10.1. The molecule has 1 heterocycles. The third-order valence-electron chi connectivity index (χ3n) is 3.67. The van der Waals surface area contributed by atoms with E-state index in [9.17, 15) is 4.79 Å². The van der Waals surface area contributed by atoms with E-state index in [4.69, 9.17) is 4.74 Å². The van der Waals surface area contributed by atoms with Gasteiger partial charge in [0, 0.05) is 50.0 Å². The fourth-order valence-electron chi connectivity index (χ4n) is 2.32. The molecule has 1 aliphatic rings. The number of piperazine rings is 1. The molecular formula is C15H22BrN3O2. The average Bonchev–Trinajstić information content (AvgIpc) is 2.50. The molecular weight excluding hydrogens is 334 g/mol. The Morgan fingerprint density at radius 3 is 2.67 bits per heavy atom. The zero-order valence-corrected chi connectivity index (χ0v) is 14.1. The topological polar surface area (TPSA) is 44.8 Å². The molecule has 2 amide bonds. The Balaban J connectivity index is 1.85. The Morgan fingerprint density at radius 1 is 1.33 bits per heavy atom. The molecule has 1 aromatic rings. The molecule has 1 N–H and O–H groups in total. The van der Waals surface area contributed by atoms with Gasteiger partial charge in [0.05, 0.1) is 6.61 Å². The van der Waals surface area contributed by atoms with Crippen molar-refractivity contribution >= 4 is 27.6 Å². The van der Waals surface area contributed by atoms with Crippen molar-refractivity contribution in [3.8, 4) is 0 Å². The van der Waals surface area contributed by atoms with E-state index in [0.29, 0.717) is 13.2 Å². The van der Waals surface area contributed by atoms with Gasteiger partial charge in [0.2, 0.25) is 0 Å². The summed E-state index contributed by atoms with van der Waals surface area (Å²) >= 11 is 3.57. The van der Waals surface area contributed by atoms with Crippen molar-refractivity contribution in [3.63, 3.8) is 0 Å². The standard InChI is InChI=1S/C15H22BrN3O2/c1-12-3-4-13(11-14(12)16)18-6-8-19(9-7-18)15(20)17-5-10-21-2/h3-4,11H,5-10H2,1-2H3,(H,17,20). The van der Waals surface area contributed by atoms with Crippen LogP contribution in [0.4, 0.5) is 10.5 Å². The van der Waals surface area contributed by atoms with Crippen LogP contribution in [0.2, 0.25) is 0 Å². The lowest BCUT2D eigenvalue weighted by molar-refractivity contribution is 0.177. The monoisotopic (exact) mass is 355 g/mol. The molecule has 1 aromatic carbocycles. The van der Waals surface area contributed by atoms with Crippen molar-refractivity contribution in [2.75, 3.05) is 51.3 Å². The molecule has 0 unspecified atom stereocenters. The second-order valence-electron chi connectivity index (χ2n) is 5.13. The number of methoxy groups -OCH3 is 1. The van der Waals surface area contributed by atoms with Gasteiger partial charge in [0.25, 0.3) is 0 Å². The number of urea groups is 1. The molecule has 0 atom stereocenters. The molecule has 0 bridgehead atoms. The number of carbonyl (C=O) groups excluding carboxylic acids is 1. The first-order valence-corrected chi connectivity index (χ1v) is 7.94. The lowest BCUT2D eigenvalue weighted by Gasteiger charge is -2.36. The van der Waals surface area contributed by atoms with E-state index in [1.807, 2.05) is 4.90 Å². The van der Waals surface area contributed by atoms with E-state index in [0.717, 1.165) is 30.7 Å². The molecule has 5 nitrogen and oxygen atoms in total. The minimum atomic E-state index is -0.00298. The number of hydrogen-bond donors (Lipinski definition) is 1. The minimum absolute atomic E-state index is 0.00298. The average molecular weight is 356 g/mol. The second-order valence-corrected chi connectivity index (χ2v) is 5.99. The van der Waals surface area contributed by atoms with Gasteiger partial charge in [-0.3, -0.25) is 0 Å². The number of aryl methyl sites for hydroxylation is 1. The van der Waals surface area contributed by atoms with E-state index in [2.05, 4.69) is 51.3 Å². The van der Waals surface area contributed by atoms with Gasteiger partial charge in [-0.15, -0.1) is 0 Å². The normalized spacial score (nSPS) is 15.2. The maximum atomic E-state index is 11.9. The Kier molecular flexibility index (Phi) is 5.87. The smallest absolute Gasteiger partial charge is 0.317 e. The molecule has 0 radical (unpaired) electrons. The number of hydrogen-bond acceptors (Lipinski definition) is 3. The van der Waals surface area contributed by atoms with E-state index < -0.39 is 0 Å². The highest BCUT2D eigenvalue weighted by molar-refractivity contribution is 9.10. The summed E-state index contributed by atoms with van der Waals surface area (Å²) in [5.41, 5.74) is 2.43. The molecule has 0 aliphatic carbocycles. The Morgan fingerprint density at radius 2 is 2.05 bits per heavy atom. The van der Waals surface area contributed by atoms with Crippen molar-refractivity contribution in [1.29, 1.82) is 0 Å². The lowest BCUT2D eigenvalue weighted by Crippen LogP contribution is -2.52. The molecule has 21 heavy (non-hydrogen) atoms. The van der Waals surface area contributed by atoms with Gasteiger partial charge in [-0.05, 0) is 24.6 Å². The molecule has 1 fully saturated rings. The number of anilines is 1. The van der Waals surface area contributed by atoms with Crippen LogP contribution in [0.3, 0.4) is 0 Å². The number of amides is 2. The van der Waals surface area contributed by atoms with Crippen LogP contribution in [0.1, 0.15) is 5.56 Å². The van der Waals surface area contributed by atoms with Gasteiger partial charge in [0.1, 0.15) is 0 Å². The van der Waals surface area contributed by atoms with Gasteiger partial charge in [-0.2, -0.15) is 0 Å². The summed E-state index contributed by atoms with van der Waals surface area (Å²) in [6.07, 6.45) is 0. The van der Waals surface area contributed by atoms with E-state index in [-0.39, 0.29) is 6.03 Å². The number of nitrogens with zero attached hydrogens (tertiary/aromatic N) is 2. The molecule has 0 spiro atoms. The Hall–Kier alpha value is -1.27. The number of ether oxygens (including phenoxy) is 1. The summed E-state index contributed by atoms with van der Waals surface area (Å²) in [5.74, 6) is 0. The number of benzene rings is 1. The molecule has 2 rings (SSSR count). The number of carbonyl (C=O) groups is 1. The summed E-state index contributed by atoms with van der Waals surface area (Å²) in [7, 11) is 1.63. The van der Waals surface area contributed by atoms with Crippen molar-refractivity contribution in [2.45, 2.75) is 6.92 Å². The van der Waals surface area contributed by atoms with Gasteiger partial charge >= 0.3 is 6.03 Å². The van der Waals surface area contributed by atoms with E-state index in [1.165, 1.54) is 11.3 Å². The summed E-state index contributed by atoms with van der Waals surface area (Å²) in [4.78, 5) is 16.1. The van der Waals surface area contributed by atoms with Crippen LogP contribution in [-0.2, 0) is 4.74 Å². The number of halogens is 1.